The van der Waals surface area contributed by atoms with Crippen molar-refractivity contribution in [3.63, 3.8) is 0 Å². The van der Waals surface area contributed by atoms with Crippen LogP contribution in [0.2, 0.25) is 0 Å². The van der Waals surface area contributed by atoms with Gasteiger partial charge in [-0.25, -0.2) is 0 Å². The molecule has 0 aliphatic rings. The lowest BCUT2D eigenvalue weighted by molar-refractivity contribution is -0.122. The van der Waals surface area contributed by atoms with Crippen LogP contribution in [0, 0.1) is 6.92 Å². The lowest BCUT2D eigenvalue weighted by atomic mass is 10.1. The van der Waals surface area contributed by atoms with Crippen LogP contribution in [0.3, 0.4) is 0 Å². The molecule has 0 atom stereocenters. The van der Waals surface area contributed by atoms with E-state index < -0.39 is 0 Å². The summed E-state index contributed by atoms with van der Waals surface area (Å²) in [7, 11) is 1.93. The molecule has 17 heavy (non-hydrogen) atoms. The fourth-order valence-electron chi connectivity index (χ4n) is 1.69. The zero-order chi connectivity index (χ0) is 12.7. The summed E-state index contributed by atoms with van der Waals surface area (Å²) < 4.78 is 0. The van der Waals surface area contributed by atoms with Crippen LogP contribution < -0.4 is 11.1 Å². The average molecular weight is 235 g/mol. The van der Waals surface area contributed by atoms with E-state index in [0.29, 0.717) is 19.6 Å². The van der Waals surface area contributed by atoms with Gasteiger partial charge in [0.2, 0.25) is 5.91 Å². The number of hydrogen-bond donors (Lipinski definition) is 2. The second kappa shape index (κ2) is 7.04. The highest BCUT2D eigenvalue weighted by molar-refractivity contribution is 5.77. The van der Waals surface area contributed by atoms with E-state index in [2.05, 4.69) is 30.4 Å². The minimum absolute atomic E-state index is 0.0191. The molecule has 3 N–H and O–H groups in total. The largest absolute Gasteiger partial charge is 0.354 e. The molecule has 0 aliphatic heterocycles. The number of hydrogen-bond acceptors (Lipinski definition) is 3. The van der Waals surface area contributed by atoms with Gasteiger partial charge in [-0.2, -0.15) is 0 Å². The minimum Gasteiger partial charge on any atom is -0.354 e. The molecule has 0 saturated heterocycles. The lowest BCUT2D eigenvalue weighted by Gasteiger charge is -2.16. The van der Waals surface area contributed by atoms with Gasteiger partial charge in [0.1, 0.15) is 0 Å². The normalized spacial score (nSPS) is 10.6. The van der Waals surface area contributed by atoms with Crippen molar-refractivity contribution < 1.29 is 4.79 Å². The van der Waals surface area contributed by atoms with Crippen molar-refractivity contribution in [2.45, 2.75) is 13.5 Å². The molecular formula is C13H21N3O. The fourth-order valence-corrected chi connectivity index (χ4v) is 1.69. The SMILES string of the molecule is Cc1cccc(CN(C)CC(=O)NCCN)c1. The van der Waals surface area contributed by atoms with Gasteiger partial charge in [-0.1, -0.05) is 29.8 Å². The van der Waals surface area contributed by atoms with Crippen LogP contribution in [0.15, 0.2) is 24.3 Å². The van der Waals surface area contributed by atoms with E-state index in [9.17, 15) is 4.79 Å². The van der Waals surface area contributed by atoms with Crippen molar-refractivity contribution in [2.75, 3.05) is 26.7 Å². The number of rotatable bonds is 6. The number of likely N-dealkylation sites (N-methyl/N-ethyl adjacent to an activating group) is 1. The van der Waals surface area contributed by atoms with Crippen LogP contribution in [0.5, 0.6) is 0 Å². The maximum atomic E-state index is 11.5. The van der Waals surface area contributed by atoms with Gasteiger partial charge in [-0.3, -0.25) is 9.69 Å². The van der Waals surface area contributed by atoms with Crippen LogP contribution in [0.4, 0.5) is 0 Å². The van der Waals surface area contributed by atoms with E-state index in [0.717, 1.165) is 6.54 Å². The average Bonchev–Trinajstić information content (AvgIpc) is 2.26. The van der Waals surface area contributed by atoms with Crippen molar-refractivity contribution >= 4 is 5.91 Å². The molecule has 0 bridgehead atoms. The second-order valence-corrected chi connectivity index (χ2v) is 4.30. The first kappa shape index (κ1) is 13.7. The molecule has 0 aliphatic carbocycles. The van der Waals surface area contributed by atoms with Gasteiger partial charge in [0.15, 0.2) is 0 Å². The Kier molecular flexibility index (Phi) is 5.66. The zero-order valence-electron chi connectivity index (χ0n) is 10.6. The van der Waals surface area contributed by atoms with E-state index >= 15 is 0 Å². The van der Waals surface area contributed by atoms with Gasteiger partial charge < -0.3 is 11.1 Å². The monoisotopic (exact) mass is 235 g/mol. The Morgan fingerprint density at radius 1 is 1.47 bits per heavy atom. The molecule has 0 fully saturated rings. The van der Waals surface area contributed by atoms with Gasteiger partial charge in [0.05, 0.1) is 6.54 Å². The van der Waals surface area contributed by atoms with Crippen LogP contribution in [0.1, 0.15) is 11.1 Å². The molecule has 0 radical (unpaired) electrons. The number of nitrogens with zero attached hydrogens (tertiary/aromatic N) is 1. The fraction of sp³-hybridized carbons (Fsp3) is 0.462. The third kappa shape index (κ3) is 5.47. The maximum absolute atomic E-state index is 11.5. The highest BCUT2D eigenvalue weighted by Gasteiger charge is 2.06. The minimum atomic E-state index is 0.0191. The first-order valence-corrected chi connectivity index (χ1v) is 5.82. The first-order valence-electron chi connectivity index (χ1n) is 5.82. The molecule has 0 saturated carbocycles. The van der Waals surface area contributed by atoms with E-state index in [1.54, 1.807) is 0 Å². The van der Waals surface area contributed by atoms with Gasteiger partial charge in [0, 0.05) is 19.6 Å². The van der Waals surface area contributed by atoms with Crippen LogP contribution in [-0.4, -0.2) is 37.5 Å². The molecule has 1 aromatic carbocycles. The predicted molar refractivity (Wildman–Crippen MR) is 69.6 cm³/mol. The van der Waals surface area contributed by atoms with Crippen LogP contribution in [-0.2, 0) is 11.3 Å². The molecule has 1 rings (SSSR count). The van der Waals surface area contributed by atoms with Crippen molar-refractivity contribution in [2.24, 2.45) is 5.73 Å². The van der Waals surface area contributed by atoms with Crippen molar-refractivity contribution in [3.8, 4) is 0 Å². The summed E-state index contributed by atoms with van der Waals surface area (Å²) in [6.07, 6.45) is 0. The number of amides is 1. The number of benzene rings is 1. The topological polar surface area (TPSA) is 58.4 Å². The quantitative estimate of drug-likeness (QED) is 0.755. The molecule has 1 aromatic rings. The smallest absolute Gasteiger partial charge is 0.234 e. The molecule has 4 heteroatoms. The highest BCUT2D eigenvalue weighted by Crippen LogP contribution is 2.06. The van der Waals surface area contributed by atoms with Crippen LogP contribution in [0.25, 0.3) is 0 Å². The van der Waals surface area contributed by atoms with E-state index in [1.807, 2.05) is 18.0 Å². The van der Waals surface area contributed by atoms with Gasteiger partial charge in [-0.05, 0) is 19.5 Å². The summed E-state index contributed by atoms with van der Waals surface area (Å²) in [5.74, 6) is 0.0191. The highest BCUT2D eigenvalue weighted by atomic mass is 16.2. The summed E-state index contributed by atoms with van der Waals surface area (Å²) in [6.45, 7) is 4.26. The summed E-state index contributed by atoms with van der Waals surface area (Å²) in [5.41, 5.74) is 7.78. The molecule has 0 unspecified atom stereocenters. The number of carbonyl (C=O) groups excluding carboxylic acids is 1. The van der Waals surface area contributed by atoms with Gasteiger partial charge in [-0.15, -0.1) is 0 Å². The molecule has 1 amide bonds. The lowest BCUT2D eigenvalue weighted by Crippen LogP contribution is -2.37. The first-order chi connectivity index (χ1) is 8.11. The predicted octanol–water partition coefficient (Wildman–Crippen LogP) is 0.502. The van der Waals surface area contributed by atoms with Crippen molar-refractivity contribution in [1.29, 1.82) is 0 Å². The third-order valence-electron chi connectivity index (χ3n) is 2.42. The maximum Gasteiger partial charge on any atom is 0.234 e. The van der Waals surface area contributed by atoms with E-state index in [1.165, 1.54) is 11.1 Å². The van der Waals surface area contributed by atoms with Crippen molar-refractivity contribution in [1.82, 2.24) is 10.2 Å². The van der Waals surface area contributed by atoms with Crippen LogP contribution >= 0.6 is 0 Å². The molecule has 0 heterocycles. The Morgan fingerprint density at radius 3 is 2.88 bits per heavy atom. The van der Waals surface area contributed by atoms with Gasteiger partial charge in [0.25, 0.3) is 0 Å². The summed E-state index contributed by atoms with van der Waals surface area (Å²) in [6, 6.07) is 8.31. The number of carbonyl (C=O) groups is 1. The third-order valence-corrected chi connectivity index (χ3v) is 2.42. The molecule has 94 valence electrons. The Balaban J connectivity index is 2.39. The number of aryl methyl sites for hydroxylation is 1. The number of nitrogens with one attached hydrogen (secondary N) is 1. The molecule has 0 aromatic heterocycles. The molecular weight excluding hydrogens is 214 g/mol. The number of nitrogens with two attached hydrogens (primary N) is 1. The van der Waals surface area contributed by atoms with Crippen molar-refractivity contribution in [3.05, 3.63) is 35.4 Å². The van der Waals surface area contributed by atoms with E-state index in [4.69, 9.17) is 5.73 Å². The summed E-state index contributed by atoms with van der Waals surface area (Å²) in [5, 5.41) is 2.75. The Labute approximate surface area is 103 Å². The zero-order valence-corrected chi connectivity index (χ0v) is 10.6. The Bertz CT molecular complexity index is 365. The Hall–Kier alpha value is -1.39. The summed E-state index contributed by atoms with van der Waals surface area (Å²) in [4.78, 5) is 13.4. The molecule has 0 spiro atoms. The summed E-state index contributed by atoms with van der Waals surface area (Å²) >= 11 is 0. The van der Waals surface area contributed by atoms with E-state index in [-0.39, 0.29) is 5.91 Å². The Morgan fingerprint density at radius 2 is 2.24 bits per heavy atom. The molecule has 4 nitrogen and oxygen atoms in total. The second-order valence-electron chi connectivity index (χ2n) is 4.30. The standard InChI is InChI=1S/C13H21N3O/c1-11-4-3-5-12(8-11)9-16(2)10-13(17)15-7-6-14/h3-5,8H,6-7,9-10,14H2,1-2H3,(H,15,17). The van der Waals surface area contributed by atoms with Gasteiger partial charge >= 0.3 is 0 Å².